The lowest BCUT2D eigenvalue weighted by Crippen LogP contribution is -2.54. The number of carbonyl (C=O) groups excluding carboxylic acids is 2. The van der Waals surface area contributed by atoms with Gasteiger partial charge in [0.15, 0.2) is 0 Å². The minimum absolute atomic E-state index is 0.0346. The van der Waals surface area contributed by atoms with Gasteiger partial charge in [-0.15, -0.1) is 0 Å². The van der Waals surface area contributed by atoms with Crippen LogP contribution in [0.3, 0.4) is 0 Å². The molecule has 41 heavy (non-hydrogen) atoms. The number of hydrogen-bond acceptors (Lipinski definition) is 4. The van der Waals surface area contributed by atoms with E-state index in [0.717, 1.165) is 16.1 Å². The molecule has 2 atom stereocenters. The van der Waals surface area contributed by atoms with E-state index < -0.39 is 28.5 Å². The lowest BCUT2D eigenvalue weighted by atomic mass is 10.0. The summed E-state index contributed by atoms with van der Waals surface area (Å²) >= 11 is 24.7. The summed E-state index contributed by atoms with van der Waals surface area (Å²) in [5.41, 5.74) is 1.52. The van der Waals surface area contributed by atoms with Crippen LogP contribution in [0.25, 0.3) is 0 Å². The lowest BCUT2D eigenvalue weighted by Gasteiger charge is -2.34. The summed E-state index contributed by atoms with van der Waals surface area (Å²) in [6, 6.07) is 17.4. The van der Waals surface area contributed by atoms with Gasteiger partial charge in [0, 0.05) is 24.0 Å². The maximum absolute atomic E-state index is 14.1. The Kier molecular flexibility index (Phi) is 11.8. The third-order valence-corrected chi connectivity index (χ3v) is 8.87. The lowest BCUT2D eigenvalue weighted by molar-refractivity contribution is -0.140. The third-order valence-electron chi connectivity index (χ3n) is 6.47. The third kappa shape index (κ3) is 9.25. The Bertz CT molecular complexity index is 1490. The molecule has 0 radical (unpaired) electrons. The molecule has 12 heteroatoms. The highest BCUT2D eigenvalue weighted by Crippen LogP contribution is 2.31. The number of rotatable bonds is 12. The van der Waals surface area contributed by atoms with Crippen molar-refractivity contribution in [3.05, 3.63) is 97.9 Å². The van der Waals surface area contributed by atoms with Gasteiger partial charge in [0.05, 0.1) is 27.0 Å². The number of halogens is 4. The SMILES string of the molecule is CC[C@@H](C)NC(=O)[C@H](Cc1ccccc1)N(Cc1ccc(Cl)c(Cl)c1)C(=O)CN(c1ccc(Cl)cc1Cl)S(C)(=O)=O. The molecule has 0 aliphatic carbocycles. The number of hydrogen-bond donors (Lipinski definition) is 1. The van der Waals surface area contributed by atoms with Crippen molar-refractivity contribution in [3.8, 4) is 0 Å². The topological polar surface area (TPSA) is 86.8 Å². The molecule has 0 saturated carbocycles. The first-order valence-corrected chi connectivity index (χ1v) is 16.2. The molecule has 0 heterocycles. The van der Waals surface area contributed by atoms with Crippen LogP contribution in [-0.2, 0) is 32.6 Å². The smallest absolute Gasteiger partial charge is 0.244 e. The fourth-order valence-electron chi connectivity index (χ4n) is 4.11. The molecular weight excluding hydrogens is 628 g/mol. The molecule has 0 fully saturated rings. The van der Waals surface area contributed by atoms with Crippen molar-refractivity contribution in [1.82, 2.24) is 10.2 Å². The Morgan fingerprint density at radius 1 is 0.878 bits per heavy atom. The van der Waals surface area contributed by atoms with Gasteiger partial charge < -0.3 is 10.2 Å². The van der Waals surface area contributed by atoms with Gasteiger partial charge in [-0.05, 0) is 54.8 Å². The monoisotopic (exact) mass is 657 g/mol. The maximum Gasteiger partial charge on any atom is 0.244 e. The standard InChI is InChI=1S/C29H31Cl4N3O4S/c1-4-19(2)34-29(38)27(15-20-8-6-5-7-9-20)35(17-21-10-12-23(31)24(32)14-21)28(37)18-36(41(3,39)40)26-13-11-22(30)16-25(26)33/h5-14,16,19,27H,4,15,17-18H2,1-3H3,(H,34,38)/t19-,27+/m1/s1. The molecule has 3 rings (SSSR count). The van der Waals surface area contributed by atoms with Gasteiger partial charge in [-0.25, -0.2) is 8.42 Å². The number of nitrogens with one attached hydrogen (secondary N) is 1. The van der Waals surface area contributed by atoms with Gasteiger partial charge in [0.2, 0.25) is 21.8 Å². The summed E-state index contributed by atoms with van der Waals surface area (Å²) in [5, 5.41) is 3.96. The molecule has 2 amide bonds. The molecule has 7 nitrogen and oxygen atoms in total. The quantitative estimate of drug-likeness (QED) is 0.237. The first kappa shape index (κ1) is 33.0. The highest BCUT2D eigenvalue weighted by molar-refractivity contribution is 7.92. The van der Waals surface area contributed by atoms with Crippen molar-refractivity contribution in [1.29, 1.82) is 0 Å². The van der Waals surface area contributed by atoms with E-state index in [1.807, 2.05) is 44.2 Å². The largest absolute Gasteiger partial charge is 0.352 e. The highest BCUT2D eigenvalue weighted by Gasteiger charge is 2.34. The molecule has 0 unspecified atom stereocenters. The normalized spacial score (nSPS) is 12.9. The van der Waals surface area contributed by atoms with Crippen molar-refractivity contribution in [2.24, 2.45) is 0 Å². The van der Waals surface area contributed by atoms with E-state index in [1.165, 1.54) is 23.1 Å². The van der Waals surface area contributed by atoms with Crippen molar-refractivity contribution >= 4 is 73.9 Å². The van der Waals surface area contributed by atoms with E-state index >= 15 is 0 Å². The molecule has 3 aromatic rings. The zero-order valence-corrected chi connectivity index (χ0v) is 26.6. The van der Waals surface area contributed by atoms with Crippen LogP contribution in [0, 0.1) is 0 Å². The molecule has 0 aromatic heterocycles. The molecular formula is C29H31Cl4N3O4S. The van der Waals surface area contributed by atoms with Gasteiger partial charge >= 0.3 is 0 Å². The zero-order valence-electron chi connectivity index (χ0n) is 22.8. The molecule has 0 aliphatic heterocycles. The minimum Gasteiger partial charge on any atom is -0.352 e. The fourth-order valence-corrected chi connectivity index (χ4v) is 5.85. The molecule has 3 aromatic carbocycles. The van der Waals surface area contributed by atoms with Crippen molar-refractivity contribution < 1.29 is 18.0 Å². The first-order valence-electron chi connectivity index (χ1n) is 12.8. The minimum atomic E-state index is -3.98. The van der Waals surface area contributed by atoms with Gasteiger partial charge in [0.25, 0.3) is 0 Å². The summed E-state index contributed by atoms with van der Waals surface area (Å²) < 4.78 is 26.7. The van der Waals surface area contributed by atoms with Crippen LogP contribution in [0.2, 0.25) is 20.1 Å². The number of sulfonamides is 1. The Balaban J connectivity index is 2.10. The van der Waals surface area contributed by atoms with Crippen LogP contribution in [-0.4, -0.2) is 50.0 Å². The summed E-state index contributed by atoms with van der Waals surface area (Å²) in [6.45, 7) is 3.17. The Hall–Kier alpha value is -2.49. The molecule has 0 bridgehead atoms. The van der Waals surface area contributed by atoms with Crippen LogP contribution in [0.4, 0.5) is 5.69 Å². The molecule has 0 aliphatic rings. The Morgan fingerprint density at radius 3 is 2.15 bits per heavy atom. The second-order valence-electron chi connectivity index (χ2n) is 9.66. The van der Waals surface area contributed by atoms with Gasteiger partial charge in [-0.3, -0.25) is 13.9 Å². The van der Waals surface area contributed by atoms with Gasteiger partial charge in [-0.2, -0.15) is 0 Å². The van der Waals surface area contributed by atoms with E-state index in [2.05, 4.69) is 5.32 Å². The summed E-state index contributed by atoms with van der Waals surface area (Å²) in [6.07, 6.45) is 1.85. The average molecular weight is 659 g/mol. The fraction of sp³-hybridized carbons (Fsp3) is 0.310. The average Bonchev–Trinajstić information content (AvgIpc) is 2.91. The Morgan fingerprint density at radius 2 is 1.56 bits per heavy atom. The van der Waals surface area contributed by atoms with Gasteiger partial charge in [-0.1, -0.05) is 89.7 Å². The number of amides is 2. The highest BCUT2D eigenvalue weighted by atomic mass is 35.5. The van der Waals surface area contributed by atoms with Crippen molar-refractivity contribution in [2.45, 2.75) is 45.3 Å². The van der Waals surface area contributed by atoms with Crippen LogP contribution in [0.15, 0.2) is 66.7 Å². The van der Waals surface area contributed by atoms with Crippen LogP contribution in [0.1, 0.15) is 31.4 Å². The number of carbonyl (C=O) groups is 2. The van der Waals surface area contributed by atoms with E-state index in [1.54, 1.807) is 18.2 Å². The summed E-state index contributed by atoms with van der Waals surface area (Å²) in [4.78, 5) is 29.2. The van der Waals surface area contributed by atoms with Crippen LogP contribution < -0.4 is 9.62 Å². The predicted molar refractivity (Wildman–Crippen MR) is 167 cm³/mol. The number of nitrogens with zero attached hydrogens (tertiary/aromatic N) is 2. The first-order chi connectivity index (χ1) is 19.3. The zero-order chi connectivity index (χ0) is 30.3. The van der Waals surface area contributed by atoms with Gasteiger partial charge in [0.1, 0.15) is 12.6 Å². The van der Waals surface area contributed by atoms with E-state index in [0.29, 0.717) is 22.0 Å². The second-order valence-corrected chi connectivity index (χ2v) is 13.2. The van der Waals surface area contributed by atoms with Crippen LogP contribution >= 0.6 is 46.4 Å². The maximum atomic E-state index is 14.1. The summed E-state index contributed by atoms with van der Waals surface area (Å²) in [7, 11) is -3.98. The van der Waals surface area contributed by atoms with E-state index in [4.69, 9.17) is 46.4 Å². The van der Waals surface area contributed by atoms with Crippen LogP contribution in [0.5, 0.6) is 0 Å². The molecule has 0 spiro atoms. The second kappa shape index (κ2) is 14.6. The van der Waals surface area contributed by atoms with E-state index in [9.17, 15) is 18.0 Å². The molecule has 1 N–H and O–H groups in total. The predicted octanol–water partition coefficient (Wildman–Crippen LogP) is 6.62. The molecule has 0 saturated heterocycles. The number of benzene rings is 3. The molecule has 220 valence electrons. The van der Waals surface area contributed by atoms with E-state index in [-0.39, 0.29) is 40.6 Å². The van der Waals surface area contributed by atoms with Crippen molar-refractivity contribution in [2.75, 3.05) is 17.1 Å². The Labute approximate surface area is 261 Å². The summed E-state index contributed by atoms with van der Waals surface area (Å²) in [5.74, 6) is -0.986. The van der Waals surface area contributed by atoms with Crippen molar-refractivity contribution in [3.63, 3.8) is 0 Å². The number of anilines is 1.